The van der Waals surface area contributed by atoms with Crippen molar-refractivity contribution in [1.29, 1.82) is 0 Å². The first-order chi connectivity index (χ1) is 14.3. The van der Waals surface area contributed by atoms with E-state index in [0.717, 1.165) is 83.2 Å². The SMILES string of the molecule is COCCCOC1CCN(C(=NCCc2cccs2)NCCc2ccco2)CC1.I. The van der Waals surface area contributed by atoms with Gasteiger partial charge in [-0.05, 0) is 42.8 Å². The van der Waals surface area contributed by atoms with Crippen molar-refractivity contribution >= 4 is 41.3 Å². The lowest BCUT2D eigenvalue weighted by Crippen LogP contribution is -2.47. The topological polar surface area (TPSA) is 59.2 Å². The molecule has 0 atom stereocenters. The second-order valence-electron chi connectivity index (χ2n) is 7.19. The Morgan fingerprint density at radius 1 is 1.23 bits per heavy atom. The fraction of sp³-hybridized carbons (Fsp3) is 0.591. The van der Waals surface area contributed by atoms with Crippen LogP contribution in [0.5, 0.6) is 0 Å². The highest BCUT2D eigenvalue weighted by Crippen LogP contribution is 2.15. The number of guanidine groups is 1. The van der Waals surface area contributed by atoms with Crippen LogP contribution >= 0.6 is 35.3 Å². The standard InChI is InChI=1S/C22H33N3O3S.HI/c1-26-15-4-17-28-20-9-13-25(14-10-20)22(23-11-7-19-5-2-16-27-19)24-12-8-21-6-3-18-29-21;/h2-3,5-6,16,18,20H,4,7-15,17H2,1H3,(H,23,24);1H. The number of hydrogen-bond acceptors (Lipinski definition) is 5. The fourth-order valence-electron chi connectivity index (χ4n) is 3.43. The van der Waals surface area contributed by atoms with Gasteiger partial charge in [-0.1, -0.05) is 6.07 Å². The number of nitrogens with zero attached hydrogens (tertiary/aromatic N) is 2. The molecule has 1 saturated heterocycles. The van der Waals surface area contributed by atoms with E-state index >= 15 is 0 Å². The number of ether oxygens (including phenoxy) is 2. The molecule has 0 unspecified atom stereocenters. The Morgan fingerprint density at radius 2 is 2.10 bits per heavy atom. The lowest BCUT2D eigenvalue weighted by atomic mass is 10.1. The highest BCUT2D eigenvalue weighted by Gasteiger charge is 2.22. The summed E-state index contributed by atoms with van der Waals surface area (Å²) in [6.45, 7) is 5.11. The summed E-state index contributed by atoms with van der Waals surface area (Å²) in [5.74, 6) is 2.00. The third-order valence-corrected chi connectivity index (χ3v) is 5.96. The molecule has 0 bridgehead atoms. The number of hydrogen-bond donors (Lipinski definition) is 1. The van der Waals surface area contributed by atoms with Crippen LogP contribution in [0, 0.1) is 0 Å². The van der Waals surface area contributed by atoms with Gasteiger partial charge in [0.2, 0.25) is 0 Å². The second-order valence-corrected chi connectivity index (χ2v) is 8.23. The highest BCUT2D eigenvalue weighted by molar-refractivity contribution is 14.0. The fourth-order valence-corrected chi connectivity index (χ4v) is 4.13. The number of furan rings is 1. The molecule has 0 amide bonds. The van der Waals surface area contributed by atoms with Crippen LogP contribution in [-0.4, -0.2) is 63.5 Å². The van der Waals surface area contributed by atoms with Crippen molar-refractivity contribution in [2.45, 2.75) is 38.2 Å². The lowest BCUT2D eigenvalue weighted by molar-refractivity contribution is 0.00990. The average molecular weight is 548 g/mol. The maximum Gasteiger partial charge on any atom is 0.193 e. The van der Waals surface area contributed by atoms with Gasteiger partial charge in [0.25, 0.3) is 0 Å². The molecule has 1 aliphatic heterocycles. The molecular formula is C22H34IN3O3S. The molecule has 2 aromatic heterocycles. The van der Waals surface area contributed by atoms with Crippen LogP contribution in [0.1, 0.15) is 29.9 Å². The van der Waals surface area contributed by atoms with Crippen LogP contribution in [0.3, 0.4) is 0 Å². The maximum atomic E-state index is 6.00. The number of nitrogens with one attached hydrogen (secondary N) is 1. The van der Waals surface area contributed by atoms with E-state index in [1.807, 2.05) is 12.1 Å². The Morgan fingerprint density at radius 3 is 2.80 bits per heavy atom. The zero-order chi connectivity index (χ0) is 20.2. The van der Waals surface area contributed by atoms with Crippen molar-refractivity contribution < 1.29 is 13.9 Å². The smallest absolute Gasteiger partial charge is 0.193 e. The zero-order valence-corrected chi connectivity index (χ0v) is 20.9. The van der Waals surface area contributed by atoms with Gasteiger partial charge in [0.05, 0.1) is 12.4 Å². The molecule has 0 saturated carbocycles. The first-order valence-electron chi connectivity index (χ1n) is 10.5. The van der Waals surface area contributed by atoms with Gasteiger partial charge >= 0.3 is 0 Å². The Hall–Kier alpha value is -1.10. The molecule has 3 rings (SSSR count). The summed E-state index contributed by atoms with van der Waals surface area (Å²) in [7, 11) is 1.73. The Balaban J connectivity index is 0.00000320. The maximum absolute atomic E-state index is 6.00. The van der Waals surface area contributed by atoms with E-state index in [1.165, 1.54) is 4.88 Å². The van der Waals surface area contributed by atoms with Crippen molar-refractivity contribution in [3.8, 4) is 0 Å². The van der Waals surface area contributed by atoms with E-state index in [9.17, 15) is 0 Å². The summed E-state index contributed by atoms with van der Waals surface area (Å²) in [4.78, 5) is 8.65. The van der Waals surface area contributed by atoms with Gasteiger partial charge in [0.15, 0.2) is 5.96 Å². The second kappa shape index (κ2) is 14.8. The Kier molecular flexibility index (Phi) is 12.4. The molecule has 2 aromatic rings. The van der Waals surface area contributed by atoms with E-state index in [0.29, 0.717) is 6.10 Å². The molecule has 168 valence electrons. The number of thiophene rings is 1. The Labute approximate surface area is 201 Å². The monoisotopic (exact) mass is 547 g/mol. The van der Waals surface area contributed by atoms with Crippen molar-refractivity contribution in [3.63, 3.8) is 0 Å². The van der Waals surface area contributed by atoms with Crippen LogP contribution in [0.15, 0.2) is 45.3 Å². The predicted molar refractivity (Wildman–Crippen MR) is 133 cm³/mol. The summed E-state index contributed by atoms with van der Waals surface area (Å²) in [5.41, 5.74) is 0. The minimum atomic E-state index is 0. The summed E-state index contributed by atoms with van der Waals surface area (Å²) in [6, 6.07) is 8.23. The largest absolute Gasteiger partial charge is 0.469 e. The van der Waals surface area contributed by atoms with Gasteiger partial charge in [0.1, 0.15) is 5.76 Å². The van der Waals surface area contributed by atoms with Gasteiger partial charge in [0, 0.05) is 64.2 Å². The van der Waals surface area contributed by atoms with Crippen LogP contribution in [-0.2, 0) is 22.3 Å². The van der Waals surface area contributed by atoms with E-state index in [4.69, 9.17) is 18.9 Å². The van der Waals surface area contributed by atoms with Gasteiger partial charge in [-0.15, -0.1) is 35.3 Å². The van der Waals surface area contributed by atoms with Gasteiger partial charge in [-0.2, -0.15) is 0 Å². The molecule has 0 radical (unpaired) electrons. The van der Waals surface area contributed by atoms with Crippen molar-refractivity contribution in [3.05, 3.63) is 46.5 Å². The molecular weight excluding hydrogens is 513 g/mol. The third-order valence-electron chi connectivity index (χ3n) is 5.02. The van der Waals surface area contributed by atoms with E-state index in [2.05, 4.69) is 27.7 Å². The Bertz CT molecular complexity index is 687. The molecule has 1 aliphatic rings. The lowest BCUT2D eigenvalue weighted by Gasteiger charge is -2.34. The first kappa shape index (κ1) is 25.2. The summed E-state index contributed by atoms with van der Waals surface area (Å²) < 4.78 is 16.5. The highest BCUT2D eigenvalue weighted by atomic mass is 127. The van der Waals surface area contributed by atoms with Crippen molar-refractivity contribution in [1.82, 2.24) is 10.2 Å². The normalized spacial score (nSPS) is 15.2. The molecule has 6 nitrogen and oxygen atoms in total. The quantitative estimate of drug-likeness (QED) is 0.198. The molecule has 1 N–H and O–H groups in total. The number of methoxy groups -OCH3 is 1. The van der Waals surface area contributed by atoms with Crippen LogP contribution in [0.2, 0.25) is 0 Å². The molecule has 30 heavy (non-hydrogen) atoms. The minimum Gasteiger partial charge on any atom is -0.469 e. The van der Waals surface area contributed by atoms with E-state index in [1.54, 1.807) is 24.7 Å². The van der Waals surface area contributed by atoms with E-state index < -0.39 is 0 Å². The van der Waals surface area contributed by atoms with Gasteiger partial charge < -0.3 is 24.1 Å². The summed E-state index contributed by atoms with van der Waals surface area (Å²) >= 11 is 1.80. The van der Waals surface area contributed by atoms with E-state index in [-0.39, 0.29) is 24.0 Å². The average Bonchev–Trinajstić information content (AvgIpc) is 3.45. The predicted octanol–water partition coefficient (Wildman–Crippen LogP) is 4.21. The van der Waals surface area contributed by atoms with Crippen molar-refractivity contribution in [2.24, 2.45) is 4.99 Å². The number of likely N-dealkylation sites (tertiary alicyclic amines) is 1. The third kappa shape index (κ3) is 8.95. The molecule has 0 aromatic carbocycles. The van der Waals surface area contributed by atoms with Gasteiger partial charge in [-0.25, -0.2) is 0 Å². The molecule has 3 heterocycles. The molecule has 8 heteroatoms. The summed E-state index contributed by atoms with van der Waals surface area (Å²) in [6.07, 6.45) is 6.95. The number of rotatable bonds is 11. The molecule has 0 spiro atoms. The molecule has 0 aliphatic carbocycles. The first-order valence-corrected chi connectivity index (χ1v) is 11.4. The van der Waals surface area contributed by atoms with Crippen LogP contribution < -0.4 is 5.32 Å². The zero-order valence-electron chi connectivity index (χ0n) is 17.8. The minimum absolute atomic E-state index is 0. The molecule has 1 fully saturated rings. The van der Waals surface area contributed by atoms with Crippen molar-refractivity contribution in [2.75, 3.05) is 46.5 Å². The van der Waals surface area contributed by atoms with Crippen LogP contribution in [0.25, 0.3) is 0 Å². The summed E-state index contributed by atoms with van der Waals surface area (Å²) in [5, 5.41) is 5.67. The van der Waals surface area contributed by atoms with Gasteiger partial charge in [-0.3, -0.25) is 4.99 Å². The number of aliphatic imine (C=N–C) groups is 1. The number of piperidine rings is 1. The number of halogens is 1. The van der Waals surface area contributed by atoms with Crippen LogP contribution in [0.4, 0.5) is 0 Å².